The molecule has 0 saturated carbocycles. The van der Waals surface area contributed by atoms with E-state index in [0.717, 1.165) is 35.2 Å². The smallest absolute Gasteiger partial charge is 0.138 e. The number of benzene rings is 1. The van der Waals surface area contributed by atoms with Gasteiger partial charge in [0.2, 0.25) is 0 Å². The van der Waals surface area contributed by atoms with E-state index in [4.69, 9.17) is 27.9 Å². The molecule has 0 bridgehead atoms. The van der Waals surface area contributed by atoms with Gasteiger partial charge in [0.25, 0.3) is 0 Å². The van der Waals surface area contributed by atoms with Crippen molar-refractivity contribution in [3.63, 3.8) is 0 Å². The number of hydrogen-bond donors (Lipinski definition) is 0. The second-order valence-corrected chi connectivity index (χ2v) is 5.91. The van der Waals surface area contributed by atoms with E-state index >= 15 is 0 Å². The molecule has 2 aromatic rings. The zero-order valence-corrected chi connectivity index (χ0v) is 15.1. The van der Waals surface area contributed by atoms with Gasteiger partial charge in [-0.1, -0.05) is 52.1 Å². The molecule has 114 valence electrons. The summed E-state index contributed by atoms with van der Waals surface area (Å²) in [6.07, 6.45) is 0.805. The largest absolute Gasteiger partial charge is 0.486 e. The zero-order valence-electron chi connectivity index (χ0n) is 12.0. The first-order valence-electron chi connectivity index (χ1n) is 6.81. The van der Waals surface area contributed by atoms with E-state index < -0.39 is 0 Å². The number of ether oxygens (including phenoxy) is 1. The van der Waals surface area contributed by atoms with Gasteiger partial charge in [-0.25, -0.2) is 0 Å². The van der Waals surface area contributed by atoms with E-state index in [1.54, 1.807) is 0 Å². The molecule has 1 heterocycles. The van der Waals surface area contributed by atoms with Gasteiger partial charge in [-0.05, 0) is 31.0 Å². The van der Waals surface area contributed by atoms with E-state index in [1.165, 1.54) is 0 Å². The minimum Gasteiger partial charge on any atom is -0.486 e. The summed E-state index contributed by atoms with van der Waals surface area (Å²) in [6, 6.07) is 5.74. The van der Waals surface area contributed by atoms with E-state index in [2.05, 4.69) is 21.0 Å². The molecule has 0 aliphatic rings. The van der Waals surface area contributed by atoms with Crippen molar-refractivity contribution in [1.29, 1.82) is 0 Å². The van der Waals surface area contributed by atoms with Crippen molar-refractivity contribution in [2.75, 3.05) is 0 Å². The Morgan fingerprint density at radius 2 is 2.05 bits per heavy atom. The van der Waals surface area contributed by atoms with Crippen molar-refractivity contribution in [2.45, 2.75) is 38.8 Å². The van der Waals surface area contributed by atoms with Crippen LogP contribution in [0.15, 0.2) is 18.2 Å². The lowest BCUT2D eigenvalue weighted by Gasteiger charge is -2.10. The fourth-order valence-electron chi connectivity index (χ4n) is 2.05. The topological polar surface area (TPSA) is 27.1 Å². The molecule has 0 fully saturated rings. The normalized spacial score (nSPS) is 10.9. The Balaban J connectivity index is 2.18. The molecule has 0 amide bonds. The van der Waals surface area contributed by atoms with Gasteiger partial charge in [0, 0.05) is 11.9 Å². The van der Waals surface area contributed by atoms with Gasteiger partial charge >= 0.3 is 0 Å². The van der Waals surface area contributed by atoms with Crippen molar-refractivity contribution in [3.8, 4) is 5.75 Å². The van der Waals surface area contributed by atoms with E-state index in [0.29, 0.717) is 22.4 Å². The number of halogens is 3. The third kappa shape index (κ3) is 3.74. The van der Waals surface area contributed by atoms with Gasteiger partial charge in [-0.15, -0.1) is 0 Å². The Bertz CT molecular complexity index is 628. The first-order valence-corrected chi connectivity index (χ1v) is 8.69. The third-order valence-electron chi connectivity index (χ3n) is 3.21. The Morgan fingerprint density at radius 1 is 1.29 bits per heavy atom. The Labute approximate surface area is 143 Å². The SMILES string of the molecule is CCc1nn(CC)c(COc2ccc(CBr)cc2Cl)c1Cl. The minimum absolute atomic E-state index is 0.354. The molecule has 3 nitrogen and oxygen atoms in total. The molecule has 0 unspecified atom stereocenters. The second-order valence-electron chi connectivity index (χ2n) is 4.56. The van der Waals surface area contributed by atoms with Gasteiger partial charge in [0.05, 0.1) is 21.4 Å². The first kappa shape index (κ1) is 16.7. The van der Waals surface area contributed by atoms with Crippen LogP contribution in [0.3, 0.4) is 0 Å². The highest BCUT2D eigenvalue weighted by atomic mass is 79.9. The van der Waals surface area contributed by atoms with E-state index in [9.17, 15) is 0 Å². The quantitative estimate of drug-likeness (QED) is 0.629. The third-order valence-corrected chi connectivity index (χ3v) is 4.59. The summed E-state index contributed by atoms with van der Waals surface area (Å²) < 4.78 is 7.69. The molecule has 0 saturated heterocycles. The summed E-state index contributed by atoms with van der Waals surface area (Å²) in [5.74, 6) is 0.652. The fourth-order valence-corrected chi connectivity index (χ4v) is 2.98. The molecule has 0 radical (unpaired) electrons. The fraction of sp³-hybridized carbons (Fsp3) is 0.400. The van der Waals surface area contributed by atoms with Crippen molar-refractivity contribution < 1.29 is 4.74 Å². The monoisotopic (exact) mass is 390 g/mol. The summed E-state index contributed by atoms with van der Waals surface area (Å²) in [7, 11) is 0. The lowest BCUT2D eigenvalue weighted by atomic mass is 10.2. The van der Waals surface area contributed by atoms with Crippen molar-refractivity contribution in [1.82, 2.24) is 9.78 Å². The molecule has 0 aliphatic heterocycles. The predicted octanol–water partition coefficient (Wildman–Crippen LogP) is 5.25. The van der Waals surface area contributed by atoms with Crippen molar-refractivity contribution in [3.05, 3.63) is 45.2 Å². The number of alkyl halides is 1. The maximum atomic E-state index is 6.36. The van der Waals surface area contributed by atoms with E-state index in [-0.39, 0.29) is 0 Å². The molecule has 1 aromatic carbocycles. The molecule has 0 N–H and O–H groups in total. The minimum atomic E-state index is 0.354. The van der Waals surface area contributed by atoms with Crippen LogP contribution in [0.1, 0.15) is 30.8 Å². The molecule has 0 atom stereocenters. The molecular formula is C15H17BrCl2N2O. The number of rotatable bonds is 6. The van der Waals surface area contributed by atoms with Crippen LogP contribution in [0.4, 0.5) is 0 Å². The predicted molar refractivity (Wildman–Crippen MR) is 90.7 cm³/mol. The maximum Gasteiger partial charge on any atom is 0.138 e. The highest BCUT2D eigenvalue weighted by Crippen LogP contribution is 2.29. The average Bonchev–Trinajstić information content (AvgIpc) is 2.81. The van der Waals surface area contributed by atoms with Crippen LogP contribution < -0.4 is 4.74 Å². The summed E-state index contributed by atoms with van der Waals surface area (Å²) in [5, 5.41) is 6.53. The van der Waals surface area contributed by atoms with E-state index in [1.807, 2.05) is 36.7 Å². The van der Waals surface area contributed by atoms with Crippen LogP contribution in [0.25, 0.3) is 0 Å². The lowest BCUT2D eigenvalue weighted by Crippen LogP contribution is -2.06. The molecule has 0 aliphatic carbocycles. The first-order chi connectivity index (χ1) is 10.1. The standard InChI is InChI=1S/C15H17BrCl2N2O/c1-3-12-15(18)13(20(4-2)19-12)9-21-14-6-5-10(8-16)7-11(14)17/h5-7H,3-4,8-9H2,1-2H3. The zero-order chi connectivity index (χ0) is 15.4. The number of nitrogens with zero attached hydrogens (tertiary/aromatic N) is 2. The summed E-state index contributed by atoms with van der Waals surface area (Å²) in [5.41, 5.74) is 2.90. The summed E-state index contributed by atoms with van der Waals surface area (Å²) >= 11 is 16.0. The van der Waals surface area contributed by atoms with Crippen LogP contribution in [-0.2, 0) is 24.9 Å². The number of hydrogen-bond acceptors (Lipinski definition) is 2. The van der Waals surface area contributed by atoms with Crippen LogP contribution in [0.5, 0.6) is 5.75 Å². The van der Waals surface area contributed by atoms with Crippen LogP contribution in [0, 0.1) is 0 Å². The van der Waals surface area contributed by atoms with Crippen LogP contribution in [0.2, 0.25) is 10.0 Å². The summed E-state index contributed by atoms with van der Waals surface area (Å²) in [4.78, 5) is 0. The number of aryl methyl sites for hydroxylation is 2. The van der Waals surface area contributed by atoms with Crippen LogP contribution in [-0.4, -0.2) is 9.78 Å². The van der Waals surface area contributed by atoms with Crippen LogP contribution >= 0.6 is 39.1 Å². The Kier molecular flexibility index (Phi) is 5.97. The molecular weight excluding hydrogens is 375 g/mol. The second kappa shape index (κ2) is 7.52. The highest BCUT2D eigenvalue weighted by Gasteiger charge is 2.15. The Hall–Kier alpha value is -0.710. The van der Waals surface area contributed by atoms with Gasteiger partial charge in [-0.2, -0.15) is 5.10 Å². The maximum absolute atomic E-state index is 6.36. The van der Waals surface area contributed by atoms with Gasteiger partial charge in [-0.3, -0.25) is 4.68 Å². The van der Waals surface area contributed by atoms with Gasteiger partial charge in [0.15, 0.2) is 0 Å². The summed E-state index contributed by atoms with van der Waals surface area (Å²) in [6.45, 7) is 5.18. The highest BCUT2D eigenvalue weighted by molar-refractivity contribution is 9.08. The van der Waals surface area contributed by atoms with Crippen molar-refractivity contribution in [2.24, 2.45) is 0 Å². The molecule has 0 spiro atoms. The number of aromatic nitrogens is 2. The molecule has 6 heteroatoms. The Morgan fingerprint density at radius 3 is 2.62 bits per heavy atom. The van der Waals surface area contributed by atoms with Crippen molar-refractivity contribution >= 4 is 39.1 Å². The average molecular weight is 392 g/mol. The molecule has 2 rings (SSSR count). The van der Waals surface area contributed by atoms with Gasteiger partial charge < -0.3 is 4.74 Å². The lowest BCUT2D eigenvalue weighted by molar-refractivity contribution is 0.292. The molecule has 1 aromatic heterocycles. The molecule has 21 heavy (non-hydrogen) atoms. The van der Waals surface area contributed by atoms with Gasteiger partial charge in [0.1, 0.15) is 12.4 Å².